The number of fused-ring (bicyclic) bond motifs is 1. The Morgan fingerprint density at radius 2 is 1.50 bits per heavy atom. The summed E-state index contributed by atoms with van der Waals surface area (Å²) in [6.45, 7) is 13.8. The van der Waals surface area contributed by atoms with Gasteiger partial charge in [0.15, 0.2) is 0 Å². The van der Waals surface area contributed by atoms with Crippen molar-refractivity contribution in [2.45, 2.75) is 65.7 Å². The van der Waals surface area contributed by atoms with E-state index in [2.05, 4.69) is 90.1 Å². The molecule has 0 fully saturated rings. The molecule has 0 aromatic heterocycles. The molecule has 0 saturated heterocycles. The van der Waals surface area contributed by atoms with E-state index in [9.17, 15) is 0 Å². The normalized spacial score (nSPS) is 12.2. The Bertz CT molecular complexity index is 893. The zero-order valence-corrected chi connectivity index (χ0v) is 21.8. The third-order valence-electron chi connectivity index (χ3n) is 5.60. The molecular formula is C25H31Cl2Zr-. The Morgan fingerprint density at radius 1 is 0.893 bits per heavy atom. The third-order valence-corrected chi connectivity index (χ3v) is 5.60. The Kier molecular flexibility index (Phi) is 9.39. The molecule has 0 radical (unpaired) electrons. The van der Waals surface area contributed by atoms with Crippen LogP contribution in [-0.2, 0) is 20.8 Å². The van der Waals surface area contributed by atoms with Gasteiger partial charge in [-0.25, -0.2) is 0 Å². The summed E-state index contributed by atoms with van der Waals surface area (Å²) in [7, 11) is 9.87. The number of hydrogen-bond donors (Lipinski definition) is 0. The molecule has 1 atom stereocenters. The van der Waals surface area contributed by atoms with Gasteiger partial charge in [0.25, 0.3) is 0 Å². The fourth-order valence-electron chi connectivity index (χ4n) is 3.85. The van der Waals surface area contributed by atoms with Gasteiger partial charge in [0.05, 0.1) is 0 Å². The van der Waals surface area contributed by atoms with Crippen LogP contribution in [-0.4, -0.2) is 0 Å². The van der Waals surface area contributed by atoms with Crippen LogP contribution >= 0.6 is 17.0 Å². The molecule has 0 spiro atoms. The van der Waals surface area contributed by atoms with E-state index < -0.39 is 20.8 Å². The standard InChI is InChI=1S/C25H31.2ClH.Zr/c1-7-18(6)20-14-19-12-13-22(17(4)5)25(24(19)15-20)23-11-9-8-10-21(23)16(2)3;;;/h8-18H,7H2,1-6H3;2*1H;/q-1;;;+2/p-2. The summed E-state index contributed by atoms with van der Waals surface area (Å²) in [5.74, 6) is 1.65. The molecule has 3 rings (SSSR count). The summed E-state index contributed by atoms with van der Waals surface area (Å²) in [6, 6.07) is 18.5. The van der Waals surface area contributed by atoms with E-state index in [1.165, 1.54) is 45.0 Å². The van der Waals surface area contributed by atoms with E-state index in [0.717, 1.165) is 0 Å². The average Bonchev–Trinajstić information content (AvgIpc) is 3.11. The first-order valence-electron chi connectivity index (χ1n) is 10.1. The van der Waals surface area contributed by atoms with Crippen LogP contribution in [0.25, 0.3) is 21.9 Å². The molecule has 3 aromatic carbocycles. The number of rotatable bonds is 5. The van der Waals surface area contributed by atoms with Crippen molar-refractivity contribution < 1.29 is 20.8 Å². The first kappa shape index (κ1) is 23.8. The molecule has 0 aliphatic rings. The summed E-state index contributed by atoms with van der Waals surface area (Å²) in [5, 5.41) is 2.81. The molecule has 0 N–H and O–H groups in total. The third kappa shape index (κ3) is 5.35. The summed E-state index contributed by atoms with van der Waals surface area (Å²) < 4.78 is 0. The quantitative estimate of drug-likeness (QED) is 0.311. The second-order valence-corrected chi connectivity index (χ2v) is 11.8. The van der Waals surface area contributed by atoms with Crippen molar-refractivity contribution in [1.29, 1.82) is 0 Å². The predicted molar refractivity (Wildman–Crippen MR) is 124 cm³/mol. The summed E-state index contributed by atoms with van der Waals surface area (Å²) in [4.78, 5) is 0. The second-order valence-electron chi connectivity index (χ2n) is 8.10. The van der Waals surface area contributed by atoms with E-state index in [-0.39, 0.29) is 0 Å². The molecule has 0 aliphatic heterocycles. The molecule has 0 heterocycles. The number of hydrogen-bond acceptors (Lipinski definition) is 0. The van der Waals surface area contributed by atoms with Gasteiger partial charge in [-0.2, -0.15) is 6.07 Å². The first-order chi connectivity index (χ1) is 13.3. The van der Waals surface area contributed by atoms with Crippen molar-refractivity contribution in [3.05, 3.63) is 65.2 Å². The zero-order valence-electron chi connectivity index (χ0n) is 17.8. The van der Waals surface area contributed by atoms with Gasteiger partial charge in [-0.05, 0) is 28.9 Å². The Labute approximate surface area is 189 Å². The summed E-state index contributed by atoms with van der Waals surface area (Å²) in [5.41, 5.74) is 7.24. The van der Waals surface area contributed by atoms with Crippen LogP contribution < -0.4 is 0 Å². The number of halogens is 2. The first-order valence-corrected chi connectivity index (χ1v) is 16.5. The van der Waals surface area contributed by atoms with Crippen molar-refractivity contribution in [2.24, 2.45) is 0 Å². The van der Waals surface area contributed by atoms with Crippen molar-refractivity contribution in [3.63, 3.8) is 0 Å². The molecule has 0 aliphatic carbocycles. The van der Waals surface area contributed by atoms with Crippen molar-refractivity contribution in [1.82, 2.24) is 0 Å². The monoisotopic (exact) mass is 491 g/mol. The van der Waals surface area contributed by atoms with Crippen LogP contribution in [0.15, 0.2) is 48.5 Å². The van der Waals surface area contributed by atoms with Gasteiger partial charge in [-0.3, -0.25) is 0 Å². The fraction of sp³-hybridized carbons (Fsp3) is 0.400. The number of benzene rings is 2. The van der Waals surface area contributed by atoms with Crippen LogP contribution in [0, 0.1) is 0 Å². The van der Waals surface area contributed by atoms with Crippen molar-refractivity contribution in [2.75, 3.05) is 0 Å². The molecular weight excluding hydrogens is 462 g/mol. The van der Waals surface area contributed by atoms with E-state index in [1.807, 2.05) is 0 Å². The maximum atomic E-state index is 4.93. The van der Waals surface area contributed by atoms with Crippen LogP contribution in [0.5, 0.6) is 0 Å². The van der Waals surface area contributed by atoms with Crippen LogP contribution in [0.3, 0.4) is 0 Å². The van der Waals surface area contributed by atoms with E-state index in [0.29, 0.717) is 17.8 Å². The molecule has 0 bridgehead atoms. The molecule has 28 heavy (non-hydrogen) atoms. The van der Waals surface area contributed by atoms with Crippen LogP contribution in [0.2, 0.25) is 0 Å². The van der Waals surface area contributed by atoms with E-state index in [4.69, 9.17) is 17.0 Å². The SMILES string of the molecule is CCC(C)c1cc2c(-c3ccccc3C(C)C)c(C(C)C)ccc2[cH-]1.[Cl][Zr][Cl]. The van der Waals surface area contributed by atoms with Crippen molar-refractivity contribution >= 4 is 27.8 Å². The van der Waals surface area contributed by atoms with E-state index in [1.54, 1.807) is 0 Å². The minimum absolute atomic E-state index is 0.515. The van der Waals surface area contributed by atoms with Gasteiger partial charge in [0.2, 0.25) is 0 Å². The molecule has 1 unspecified atom stereocenters. The van der Waals surface area contributed by atoms with Gasteiger partial charge < -0.3 is 0 Å². The van der Waals surface area contributed by atoms with Crippen LogP contribution in [0.1, 0.15) is 82.4 Å². The molecule has 0 amide bonds. The zero-order chi connectivity index (χ0) is 20.8. The Morgan fingerprint density at radius 3 is 2.07 bits per heavy atom. The molecule has 3 heteroatoms. The van der Waals surface area contributed by atoms with Gasteiger partial charge in [-0.15, -0.1) is 34.5 Å². The summed E-state index contributed by atoms with van der Waals surface area (Å²) >= 11 is -0.826. The van der Waals surface area contributed by atoms with Crippen molar-refractivity contribution in [3.8, 4) is 11.1 Å². The molecule has 0 saturated carbocycles. The topological polar surface area (TPSA) is 0 Å². The second kappa shape index (κ2) is 11.1. The Hall–Kier alpha value is -0.487. The molecule has 3 aromatic rings. The Balaban J connectivity index is 0.000000878. The average molecular weight is 494 g/mol. The predicted octanol–water partition coefficient (Wildman–Crippen LogP) is 9.36. The van der Waals surface area contributed by atoms with E-state index >= 15 is 0 Å². The van der Waals surface area contributed by atoms with Crippen LogP contribution in [0.4, 0.5) is 0 Å². The minimum atomic E-state index is -0.826. The maximum absolute atomic E-state index is 4.93. The fourth-order valence-corrected chi connectivity index (χ4v) is 3.85. The molecule has 150 valence electrons. The van der Waals surface area contributed by atoms with Gasteiger partial charge in [0, 0.05) is 0 Å². The van der Waals surface area contributed by atoms with Gasteiger partial charge in [-0.1, -0.05) is 83.4 Å². The van der Waals surface area contributed by atoms with Gasteiger partial charge >= 0.3 is 37.9 Å². The summed E-state index contributed by atoms with van der Waals surface area (Å²) in [6.07, 6.45) is 1.19. The molecule has 0 nitrogen and oxygen atoms in total. The van der Waals surface area contributed by atoms with Gasteiger partial charge in [0.1, 0.15) is 0 Å².